The Hall–Kier alpha value is -1.79. The Morgan fingerprint density at radius 3 is 3.00 bits per heavy atom. The summed E-state index contributed by atoms with van der Waals surface area (Å²) in [6.45, 7) is 3.91. The van der Waals surface area contributed by atoms with Crippen molar-refractivity contribution in [2.75, 3.05) is 26.8 Å². The lowest BCUT2D eigenvalue weighted by Gasteiger charge is -2.36. The van der Waals surface area contributed by atoms with E-state index in [-0.39, 0.29) is 24.3 Å². The molecule has 0 saturated carbocycles. The molecule has 0 radical (unpaired) electrons. The zero-order valence-electron chi connectivity index (χ0n) is 12.3. The highest BCUT2D eigenvalue weighted by Gasteiger charge is 2.26. The lowest BCUT2D eigenvalue weighted by Crippen LogP contribution is -2.44. The van der Waals surface area contributed by atoms with Gasteiger partial charge in [0, 0.05) is 19.1 Å². The average molecular weight is 295 g/mol. The van der Waals surface area contributed by atoms with Gasteiger partial charge >= 0.3 is 5.97 Å². The highest BCUT2D eigenvalue weighted by Crippen LogP contribution is 2.31. The minimum atomic E-state index is -0.846. The van der Waals surface area contributed by atoms with Gasteiger partial charge in [0.2, 0.25) is 0 Å². The average Bonchev–Trinajstić information content (AvgIpc) is 2.46. The number of rotatable bonds is 5. The van der Waals surface area contributed by atoms with Crippen LogP contribution in [-0.2, 0) is 9.53 Å². The van der Waals surface area contributed by atoms with Crippen molar-refractivity contribution in [3.05, 3.63) is 23.8 Å². The number of morpholine rings is 1. The number of aromatic hydroxyl groups is 1. The summed E-state index contributed by atoms with van der Waals surface area (Å²) in [5.41, 5.74) is 1.01. The van der Waals surface area contributed by atoms with Crippen molar-refractivity contribution in [1.29, 1.82) is 0 Å². The molecule has 1 fully saturated rings. The van der Waals surface area contributed by atoms with E-state index in [9.17, 15) is 9.90 Å². The van der Waals surface area contributed by atoms with Crippen LogP contribution < -0.4 is 4.74 Å². The number of phenolic OH excluding ortho intramolecular Hbond substituents is 1. The molecule has 1 aromatic rings. The first kappa shape index (κ1) is 15.6. The van der Waals surface area contributed by atoms with Crippen LogP contribution in [0.3, 0.4) is 0 Å². The maximum atomic E-state index is 10.8. The van der Waals surface area contributed by atoms with Crippen LogP contribution in [0.25, 0.3) is 0 Å². The quantitative estimate of drug-likeness (QED) is 0.859. The van der Waals surface area contributed by atoms with Crippen LogP contribution in [0, 0.1) is 0 Å². The molecule has 2 unspecified atom stereocenters. The van der Waals surface area contributed by atoms with Gasteiger partial charge in [-0.1, -0.05) is 6.07 Å². The molecule has 2 rings (SSSR count). The van der Waals surface area contributed by atoms with E-state index in [1.807, 2.05) is 12.1 Å². The number of carbonyl (C=O) groups is 1. The molecule has 2 N–H and O–H groups in total. The van der Waals surface area contributed by atoms with Crippen LogP contribution in [0.5, 0.6) is 11.5 Å². The second-order valence-electron chi connectivity index (χ2n) is 5.19. The maximum Gasteiger partial charge on any atom is 0.306 e. The molecule has 2 atom stereocenters. The summed E-state index contributed by atoms with van der Waals surface area (Å²) in [5.74, 6) is -0.297. The number of nitrogens with zero attached hydrogens (tertiary/aromatic N) is 1. The maximum absolute atomic E-state index is 10.8. The van der Waals surface area contributed by atoms with E-state index in [1.54, 1.807) is 6.07 Å². The zero-order chi connectivity index (χ0) is 15.4. The Bertz CT molecular complexity index is 505. The van der Waals surface area contributed by atoms with Crippen molar-refractivity contribution in [3.63, 3.8) is 0 Å². The van der Waals surface area contributed by atoms with Crippen molar-refractivity contribution < 1.29 is 24.5 Å². The number of aliphatic carboxylic acids is 1. The largest absolute Gasteiger partial charge is 0.504 e. The number of benzene rings is 1. The third kappa shape index (κ3) is 3.86. The molecule has 1 saturated heterocycles. The van der Waals surface area contributed by atoms with Crippen LogP contribution in [0.4, 0.5) is 0 Å². The fraction of sp³-hybridized carbons (Fsp3) is 0.533. The van der Waals surface area contributed by atoms with Gasteiger partial charge in [0.05, 0.1) is 26.2 Å². The number of methoxy groups -OCH3 is 1. The van der Waals surface area contributed by atoms with Crippen molar-refractivity contribution in [1.82, 2.24) is 4.90 Å². The molecule has 0 aromatic heterocycles. The number of carboxylic acid groups (broad SMARTS) is 1. The highest BCUT2D eigenvalue weighted by atomic mass is 16.5. The Morgan fingerprint density at radius 1 is 1.57 bits per heavy atom. The van der Waals surface area contributed by atoms with Gasteiger partial charge in [0.1, 0.15) is 0 Å². The Kier molecular flexibility index (Phi) is 5.03. The minimum Gasteiger partial charge on any atom is -0.504 e. The number of phenols is 1. The summed E-state index contributed by atoms with van der Waals surface area (Å²) in [6, 6.07) is 5.37. The summed E-state index contributed by atoms with van der Waals surface area (Å²) >= 11 is 0. The standard InChI is InChI=1S/C15H21NO5/c1-10(11-3-4-13(17)14(7-11)20-2)16-5-6-21-12(9-16)8-15(18)19/h3-4,7,10,12,17H,5-6,8-9H2,1-2H3,(H,18,19). The van der Waals surface area contributed by atoms with Crippen LogP contribution in [0.1, 0.15) is 24.9 Å². The Balaban J connectivity index is 2.08. The van der Waals surface area contributed by atoms with Gasteiger partial charge < -0.3 is 19.7 Å². The van der Waals surface area contributed by atoms with Crippen molar-refractivity contribution >= 4 is 5.97 Å². The number of hydrogen-bond acceptors (Lipinski definition) is 5. The van der Waals surface area contributed by atoms with Crippen LogP contribution in [0.15, 0.2) is 18.2 Å². The smallest absolute Gasteiger partial charge is 0.306 e. The SMILES string of the molecule is COc1cc(C(C)N2CCOC(CC(=O)O)C2)ccc1O. The predicted molar refractivity (Wildman–Crippen MR) is 76.6 cm³/mol. The van der Waals surface area contributed by atoms with Gasteiger partial charge in [-0.3, -0.25) is 9.69 Å². The first-order valence-electron chi connectivity index (χ1n) is 6.95. The molecule has 6 nitrogen and oxygen atoms in total. The Labute approximate surface area is 123 Å². The van der Waals surface area contributed by atoms with Crippen molar-refractivity contribution in [3.8, 4) is 11.5 Å². The van der Waals surface area contributed by atoms with Crippen LogP contribution in [0.2, 0.25) is 0 Å². The van der Waals surface area contributed by atoms with Crippen molar-refractivity contribution in [2.45, 2.75) is 25.5 Å². The normalized spacial score (nSPS) is 21.0. The lowest BCUT2D eigenvalue weighted by atomic mass is 10.0. The second kappa shape index (κ2) is 6.78. The monoisotopic (exact) mass is 295 g/mol. The summed E-state index contributed by atoms with van der Waals surface area (Å²) in [7, 11) is 1.52. The number of ether oxygens (including phenoxy) is 2. The minimum absolute atomic E-state index is 0.0160. The lowest BCUT2D eigenvalue weighted by molar-refractivity contribution is -0.142. The molecule has 1 heterocycles. The predicted octanol–water partition coefficient (Wildman–Crippen LogP) is 1.64. The summed E-state index contributed by atoms with van der Waals surface area (Å²) in [4.78, 5) is 13.0. The van der Waals surface area contributed by atoms with E-state index in [0.29, 0.717) is 18.9 Å². The molecule has 1 aromatic carbocycles. The van der Waals surface area contributed by atoms with Gasteiger partial charge in [-0.05, 0) is 24.6 Å². The Morgan fingerprint density at radius 2 is 2.33 bits per heavy atom. The third-order valence-electron chi connectivity index (χ3n) is 3.81. The van der Waals surface area contributed by atoms with E-state index in [2.05, 4.69) is 11.8 Å². The summed E-state index contributed by atoms with van der Waals surface area (Å²) in [5, 5.41) is 18.5. The highest BCUT2D eigenvalue weighted by molar-refractivity contribution is 5.67. The number of hydrogen-bond donors (Lipinski definition) is 2. The van der Waals surface area contributed by atoms with Crippen LogP contribution >= 0.6 is 0 Å². The van der Waals surface area contributed by atoms with E-state index in [4.69, 9.17) is 14.6 Å². The topological polar surface area (TPSA) is 79.2 Å². The second-order valence-corrected chi connectivity index (χ2v) is 5.19. The summed E-state index contributed by atoms with van der Waals surface area (Å²) in [6.07, 6.45) is -0.264. The fourth-order valence-electron chi connectivity index (χ4n) is 2.58. The molecule has 6 heteroatoms. The van der Waals surface area contributed by atoms with E-state index in [1.165, 1.54) is 7.11 Å². The van der Waals surface area contributed by atoms with Gasteiger partial charge in [-0.25, -0.2) is 0 Å². The van der Waals surface area contributed by atoms with E-state index < -0.39 is 5.97 Å². The molecule has 0 spiro atoms. The number of carboxylic acids is 1. The van der Waals surface area contributed by atoms with E-state index in [0.717, 1.165) is 12.1 Å². The third-order valence-corrected chi connectivity index (χ3v) is 3.81. The van der Waals surface area contributed by atoms with E-state index >= 15 is 0 Å². The van der Waals surface area contributed by atoms with Gasteiger partial charge in [0.25, 0.3) is 0 Å². The van der Waals surface area contributed by atoms with Crippen molar-refractivity contribution in [2.24, 2.45) is 0 Å². The van der Waals surface area contributed by atoms with Gasteiger partial charge in [-0.2, -0.15) is 0 Å². The summed E-state index contributed by atoms with van der Waals surface area (Å²) < 4.78 is 10.6. The van der Waals surface area contributed by atoms with Gasteiger partial charge in [-0.15, -0.1) is 0 Å². The fourth-order valence-corrected chi connectivity index (χ4v) is 2.58. The molecular formula is C15H21NO5. The zero-order valence-corrected chi connectivity index (χ0v) is 12.3. The molecular weight excluding hydrogens is 274 g/mol. The molecule has 0 aliphatic carbocycles. The first-order valence-corrected chi connectivity index (χ1v) is 6.95. The molecule has 0 amide bonds. The molecule has 21 heavy (non-hydrogen) atoms. The molecule has 1 aliphatic rings. The van der Waals surface area contributed by atoms with Crippen LogP contribution in [-0.4, -0.2) is 54.0 Å². The molecule has 1 aliphatic heterocycles. The van der Waals surface area contributed by atoms with Gasteiger partial charge in [0.15, 0.2) is 11.5 Å². The first-order chi connectivity index (χ1) is 10.0. The molecule has 0 bridgehead atoms. The molecule has 116 valence electrons.